The van der Waals surface area contributed by atoms with Crippen molar-refractivity contribution in [1.82, 2.24) is 30.0 Å². The summed E-state index contributed by atoms with van der Waals surface area (Å²) < 4.78 is 40.2. The van der Waals surface area contributed by atoms with Gasteiger partial charge in [0.2, 0.25) is 5.91 Å². The van der Waals surface area contributed by atoms with Crippen LogP contribution in [0.5, 0.6) is 0 Å². The van der Waals surface area contributed by atoms with Crippen LogP contribution in [-0.2, 0) is 17.5 Å². The van der Waals surface area contributed by atoms with E-state index >= 15 is 0 Å². The minimum Gasteiger partial charge on any atom is -0.341 e. The van der Waals surface area contributed by atoms with Crippen LogP contribution in [0.1, 0.15) is 49.3 Å². The van der Waals surface area contributed by atoms with E-state index in [-0.39, 0.29) is 18.0 Å². The number of carbonyl (C=O) groups is 1. The second-order valence-corrected chi connectivity index (χ2v) is 8.06. The summed E-state index contributed by atoms with van der Waals surface area (Å²) in [4.78, 5) is 17.3. The van der Waals surface area contributed by atoms with Gasteiger partial charge < -0.3 is 4.90 Å². The number of carbonyl (C=O) groups excluding carboxylic acids is 1. The number of nitrogens with zero attached hydrogens (tertiary/aromatic N) is 6. The van der Waals surface area contributed by atoms with Crippen molar-refractivity contribution in [3.8, 4) is 0 Å². The molecule has 0 radical (unpaired) electrons. The maximum absolute atomic E-state index is 13.3. The maximum Gasteiger partial charge on any atom is 0.416 e. The fourth-order valence-corrected chi connectivity index (χ4v) is 4.37. The van der Waals surface area contributed by atoms with Crippen LogP contribution < -0.4 is 0 Å². The average molecular weight is 422 g/mol. The first-order valence-corrected chi connectivity index (χ1v) is 10.3. The number of tetrazole rings is 1. The van der Waals surface area contributed by atoms with Crippen LogP contribution in [0.2, 0.25) is 0 Å². The number of hydrogen-bond donors (Lipinski definition) is 0. The minimum absolute atomic E-state index is 0.0459. The highest BCUT2D eigenvalue weighted by Crippen LogP contribution is 2.32. The largest absolute Gasteiger partial charge is 0.416 e. The van der Waals surface area contributed by atoms with Gasteiger partial charge in [-0.05, 0) is 47.4 Å². The molecule has 1 aromatic carbocycles. The second kappa shape index (κ2) is 8.71. The molecule has 0 saturated carbocycles. The van der Waals surface area contributed by atoms with Gasteiger partial charge in [-0.15, -0.1) is 5.10 Å². The van der Waals surface area contributed by atoms with Gasteiger partial charge in [-0.25, -0.2) is 4.68 Å². The second-order valence-electron chi connectivity index (χ2n) is 8.06. The van der Waals surface area contributed by atoms with Crippen molar-refractivity contribution in [3.05, 3.63) is 41.7 Å². The molecule has 1 aromatic heterocycles. The molecule has 0 aliphatic carbocycles. The van der Waals surface area contributed by atoms with E-state index in [0.717, 1.165) is 56.5 Å². The Labute approximate surface area is 172 Å². The SMILES string of the molecule is O=C([C@@H]1C[C@H](n2cnnn2)CN1Cc1ccc(C(F)(F)F)cc1)N1CCCCCC1. The maximum atomic E-state index is 13.3. The molecule has 162 valence electrons. The number of halogens is 3. The Hall–Kier alpha value is -2.49. The normalized spacial score (nSPS) is 23.5. The van der Waals surface area contributed by atoms with Gasteiger partial charge in [0.1, 0.15) is 6.33 Å². The van der Waals surface area contributed by atoms with Gasteiger partial charge >= 0.3 is 6.18 Å². The van der Waals surface area contributed by atoms with Gasteiger partial charge in [-0.1, -0.05) is 25.0 Å². The van der Waals surface area contributed by atoms with Crippen molar-refractivity contribution < 1.29 is 18.0 Å². The van der Waals surface area contributed by atoms with Gasteiger partial charge in [0.05, 0.1) is 17.6 Å². The average Bonchev–Trinajstić information content (AvgIpc) is 3.31. The number of hydrogen-bond acceptors (Lipinski definition) is 5. The molecule has 7 nitrogen and oxygen atoms in total. The van der Waals surface area contributed by atoms with E-state index in [9.17, 15) is 18.0 Å². The Morgan fingerprint density at radius 1 is 1.07 bits per heavy atom. The number of aromatic nitrogens is 4. The first-order valence-electron chi connectivity index (χ1n) is 10.3. The molecule has 0 spiro atoms. The van der Waals surface area contributed by atoms with Gasteiger partial charge in [0.25, 0.3) is 0 Å². The van der Waals surface area contributed by atoms with Gasteiger partial charge in [0.15, 0.2) is 0 Å². The molecule has 30 heavy (non-hydrogen) atoms. The number of rotatable bonds is 4. The summed E-state index contributed by atoms with van der Waals surface area (Å²) in [6, 6.07) is 4.78. The van der Waals surface area contributed by atoms with E-state index in [1.807, 2.05) is 9.80 Å². The number of likely N-dealkylation sites (tertiary alicyclic amines) is 2. The summed E-state index contributed by atoms with van der Waals surface area (Å²) in [5.41, 5.74) is 0.0745. The molecule has 2 fully saturated rings. The Morgan fingerprint density at radius 2 is 1.77 bits per heavy atom. The topological polar surface area (TPSA) is 67.2 Å². The first kappa shape index (κ1) is 20.8. The Balaban J connectivity index is 1.52. The molecular formula is C20H25F3N6O. The third-order valence-corrected chi connectivity index (χ3v) is 5.99. The Bertz CT molecular complexity index is 831. The fraction of sp³-hybridized carbons (Fsp3) is 0.600. The summed E-state index contributed by atoms with van der Waals surface area (Å²) in [7, 11) is 0. The minimum atomic E-state index is -4.36. The zero-order chi connectivity index (χ0) is 21.1. The zero-order valence-electron chi connectivity index (χ0n) is 16.6. The summed E-state index contributed by atoms with van der Waals surface area (Å²) in [5.74, 6) is 0.0967. The molecule has 0 unspecified atom stereocenters. The summed E-state index contributed by atoms with van der Waals surface area (Å²) in [5, 5.41) is 11.4. The molecule has 2 aliphatic rings. The van der Waals surface area contributed by atoms with Crippen molar-refractivity contribution in [2.24, 2.45) is 0 Å². The summed E-state index contributed by atoms with van der Waals surface area (Å²) >= 11 is 0. The van der Waals surface area contributed by atoms with E-state index in [1.54, 1.807) is 11.0 Å². The van der Waals surface area contributed by atoms with Gasteiger partial charge in [-0.3, -0.25) is 9.69 Å². The lowest BCUT2D eigenvalue weighted by Gasteiger charge is -2.29. The summed E-state index contributed by atoms with van der Waals surface area (Å²) in [6.45, 7) is 2.50. The van der Waals surface area contributed by atoms with E-state index in [0.29, 0.717) is 19.5 Å². The van der Waals surface area contributed by atoms with E-state index < -0.39 is 11.7 Å². The van der Waals surface area contributed by atoms with Gasteiger partial charge in [0, 0.05) is 26.2 Å². The van der Waals surface area contributed by atoms with Crippen molar-refractivity contribution in [2.45, 2.75) is 56.9 Å². The zero-order valence-corrected chi connectivity index (χ0v) is 16.6. The Morgan fingerprint density at radius 3 is 2.37 bits per heavy atom. The molecule has 4 rings (SSSR count). The summed E-state index contributed by atoms with van der Waals surface area (Å²) in [6.07, 6.45) is 2.05. The molecule has 1 amide bonds. The van der Waals surface area contributed by atoms with E-state index in [1.165, 1.54) is 12.1 Å². The molecule has 2 atom stereocenters. The van der Waals surface area contributed by atoms with E-state index in [2.05, 4.69) is 15.5 Å². The fourth-order valence-electron chi connectivity index (χ4n) is 4.37. The van der Waals surface area contributed by atoms with Crippen LogP contribution in [0.25, 0.3) is 0 Å². The number of amides is 1. The standard InChI is InChI=1S/C20H25F3N6O/c21-20(22,23)16-7-5-15(6-8-16)12-28-13-17(29-14-24-25-26-29)11-18(28)19(30)27-9-3-1-2-4-10-27/h5-8,14,17-18H,1-4,9-13H2/t17-,18-/m0/s1. The molecule has 3 heterocycles. The Kier molecular flexibility index (Phi) is 6.03. The lowest BCUT2D eigenvalue weighted by molar-refractivity contribution is -0.137. The van der Waals surface area contributed by atoms with Crippen molar-refractivity contribution >= 4 is 5.91 Å². The quantitative estimate of drug-likeness (QED) is 0.758. The highest BCUT2D eigenvalue weighted by atomic mass is 19.4. The lowest BCUT2D eigenvalue weighted by atomic mass is 10.1. The van der Waals surface area contributed by atoms with Crippen LogP contribution in [-0.4, -0.2) is 61.6 Å². The molecule has 2 saturated heterocycles. The van der Waals surface area contributed by atoms with Crippen LogP contribution >= 0.6 is 0 Å². The predicted octanol–water partition coefficient (Wildman–Crippen LogP) is 2.91. The van der Waals surface area contributed by atoms with Crippen LogP contribution in [0.4, 0.5) is 13.2 Å². The number of alkyl halides is 3. The highest BCUT2D eigenvalue weighted by Gasteiger charge is 2.40. The monoisotopic (exact) mass is 422 g/mol. The van der Waals surface area contributed by atoms with Crippen molar-refractivity contribution in [3.63, 3.8) is 0 Å². The van der Waals surface area contributed by atoms with Crippen molar-refractivity contribution in [1.29, 1.82) is 0 Å². The number of benzene rings is 1. The first-order chi connectivity index (χ1) is 14.4. The third kappa shape index (κ3) is 4.63. The molecule has 10 heteroatoms. The van der Waals surface area contributed by atoms with Gasteiger partial charge in [-0.2, -0.15) is 13.2 Å². The molecule has 2 aromatic rings. The van der Waals surface area contributed by atoms with E-state index in [4.69, 9.17) is 0 Å². The smallest absolute Gasteiger partial charge is 0.341 e. The molecular weight excluding hydrogens is 397 g/mol. The van der Waals surface area contributed by atoms with Crippen LogP contribution in [0.3, 0.4) is 0 Å². The molecule has 2 aliphatic heterocycles. The van der Waals surface area contributed by atoms with Crippen LogP contribution in [0.15, 0.2) is 30.6 Å². The predicted molar refractivity (Wildman–Crippen MR) is 102 cm³/mol. The third-order valence-electron chi connectivity index (χ3n) is 5.99. The lowest BCUT2D eigenvalue weighted by Crippen LogP contribution is -2.45. The highest BCUT2D eigenvalue weighted by molar-refractivity contribution is 5.82. The van der Waals surface area contributed by atoms with Crippen LogP contribution in [0, 0.1) is 0 Å². The van der Waals surface area contributed by atoms with Crippen molar-refractivity contribution in [2.75, 3.05) is 19.6 Å². The molecule has 0 N–H and O–H groups in total. The molecule has 0 bridgehead atoms.